The summed E-state index contributed by atoms with van der Waals surface area (Å²) in [4.78, 5) is 18.1. The molecule has 1 saturated heterocycles. The number of aromatic nitrogens is 1. The van der Waals surface area contributed by atoms with Crippen LogP contribution in [0.1, 0.15) is 33.6 Å². The van der Waals surface area contributed by atoms with E-state index in [1.54, 1.807) is 12.3 Å². The van der Waals surface area contributed by atoms with E-state index in [1.165, 1.54) is 0 Å². The van der Waals surface area contributed by atoms with Gasteiger partial charge in [0.1, 0.15) is 11.3 Å². The van der Waals surface area contributed by atoms with Crippen LogP contribution in [0.4, 0.5) is 10.5 Å². The molecule has 1 N–H and O–H groups in total. The number of rotatable bonds is 2. The standard InChI is InChI=1S/C15H22ClN3O2/c1-15(2,3)18-14(20)21-12-6-8-19(9-7-12)11-4-5-13(16)17-10-11/h4-5,10,12H,6-9H2,1-3H3,(H,18,20). The molecule has 0 aromatic carbocycles. The largest absolute Gasteiger partial charge is 0.446 e. The van der Waals surface area contributed by atoms with Crippen molar-refractivity contribution < 1.29 is 9.53 Å². The van der Waals surface area contributed by atoms with Gasteiger partial charge in [-0.1, -0.05) is 11.6 Å². The van der Waals surface area contributed by atoms with Gasteiger partial charge in [0.15, 0.2) is 0 Å². The molecule has 2 rings (SSSR count). The molecule has 1 aliphatic rings. The van der Waals surface area contributed by atoms with E-state index in [4.69, 9.17) is 16.3 Å². The van der Waals surface area contributed by atoms with Gasteiger partial charge in [-0.3, -0.25) is 0 Å². The van der Waals surface area contributed by atoms with Crippen molar-refractivity contribution in [2.75, 3.05) is 18.0 Å². The van der Waals surface area contributed by atoms with Gasteiger partial charge in [0.25, 0.3) is 0 Å². The highest BCUT2D eigenvalue weighted by Crippen LogP contribution is 2.21. The maximum absolute atomic E-state index is 11.7. The van der Waals surface area contributed by atoms with E-state index in [2.05, 4.69) is 15.2 Å². The third-order valence-corrected chi connectivity index (χ3v) is 3.49. The van der Waals surface area contributed by atoms with Crippen molar-refractivity contribution in [3.8, 4) is 0 Å². The van der Waals surface area contributed by atoms with Crippen molar-refractivity contribution in [3.05, 3.63) is 23.5 Å². The molecule has 6 heteroatoms. The van der Waals surface area contributed by atoms with Crippen molar-refractivity contribution in [2.24, 2.45) is 0 Å². The Balaban J connectivity index is 1.80. The summed E-state index contributed by atoms with van der Waals surface area (Å²) in [5.74, 6) is 0. The first kappa shape index (κ1) is 15.9. The fourth-order valence-corrected chi connectivity index (χ4v) is 2.39. The summed E-state index contributed by atoms with van der Waals surface area (Å²) in [6, 6.07) is 3.75. The molecule has 1 aromatic rings. The predicted molar refractivity (Wildman–Crippen MR) is 83.9 cm³/mol. The van der Waals surface area contributed by atoms with Crippen molar-refractivity contribution in [2.45, 2.75) is 45.3 Å². The highest BCUT2D eigenvalue weighted by Gasteiger charge is 2.24. The molecular weight excluding hydrogens is 290 g/mol. The number of carbonyl (C=O) groups is 1. The van der Waals surface area contributed by atoms with E-state index in [0.717, 1.165) is 31.6 Å². The molecule has 0 spiro atoms. The first-order valence-electron chi connectivity index (χ1n) is 7.19. The lowest BCUT2D eigenvalue weighted by Gasteiger charge is -2.33. The summed E-state index contributed by atoms with van der Waals surface area (Å²) in [5, 5.41) is 3.31. The third-order valence-electron chi connectivity index (χ3n) is 3.27. The fraction of sp³-hybridized carbons (Fsp3) is 0.600. The molecule has 1 aliphatic heterocycles. The number of hydrogen-bond donors (Lipinski definition) is 1. The number of nitrogens with zero attached hydrogens (tertiary/aromatic N) is 2. The lowest BCUT2D eigenvalue weighted by atomic mass is 10.1. The van der Waals surface area contributed by atoms with Crippen LogP contribution in [-0.2, 0) is 4.74 Å². The van der Waals surface area contributed by atoms with Gasteiger partial charge in [-0.05, 0) is 32.9 Å². The Kier molecular flexibility index (Phi) is 4.93. The topological polar surface area (TPSA) is 54.5 Å². The molecule has 2 heterocycles. The lowest BCUT2D eigenvalue weighted by Crippen LogP contribution is -2.44. The average Bonchev–Trinajstić information content (AvgIpc) is 2.38. The molecule has 5 nitrogen and oxygen atoms in total. The Morgan fingerprint density at radius 3 is 2.57 bits per heavy atom. The summed E-state index contributed by atoms with van der Waals surface area (Å²) in [5.41, 5.74) is 0.782. The second kappa shape index (κ2) is 6.52. The zero-order chi connectivity index (χ0) is 15.5. The highest BCUT2D eigenvalue weighted by molar-refractivity contribution is 6.29. The molecule has 0 aliphatic carbocycles. The first-order chi connectivity index (χ1) is 9.83. The molecule has 0 radical (unpaired) electrons. The molecule has 0 bridgehead atoms. The van der Waals surface area contributed by atoms with Gasteiger partial charge in [-0.15, -0.1) is 0 Å². The van der Waals surface area contributed by atoms with Crippen LogP contribution in [0.5, 0.6) is 0 Å². The Morgan fingerprint density at radius 1 is 1.38 bits per heavy atom. The third kappa shape index (κ3) is 5.08. The van der Waals surface area contributed by atoms with Crippen molar-refractivity contribution >= 4 is 23.4 Å². The Labute approximate surface area is 130 Å². The number of nitrogens with one attached hydrogen (secondary N) is 1. The van der Waals surface area contributed by atoms with Crippen LogP contribution >= 0.6 is 11.6 Å². The van der Waals surface area contributed by atoms with E-state index in [-0.39, 0.29) is 17.7 Å². The number of ether oxygens (including phenoxy) is 1. The summed E-state index contributed by atoms with van der Waals surface area (Å²) < 4.78 is 5.46. The highest BCUT2D eigenvalue weighted by atomic mass is 35.5. The van der Waals surface area contributed by atoms with Gasteiger partial charge in [0, 0.05) is 31.5 Å². The van der Waals surface area contributed by atoms with E-state index >= 15 is 0 Å². The number of halogens is 1. The van der Waals surface area contributed by atoms with Crippen molar-refractivity contribution in [3.63, 3.8) is 0 Å². The molecule has 0 saturated carbocycles. The number of carbonyl (C=O) groups excluding carboxylic acids is 1. The predicted octanol–water partition coefficient (Wildman–Crippen LogP) is 3.23. The van der Waals surface area contributed by atoms with Crippen molar-refractivity contribution in [1.82, 2.24) is 10.3 Å². The molecule has 1 fully saturated rings. The number of hydrogen-bond acceptors (Lipinski definition) is 4. The smallest absolute Gasteiger partial charge is 0.407 e. The van der Waals surface area contributed by atoms with E-state index in [9.17, 15) is 4.79 Å². The van der Waals surface area contributed by atoms with E-state index < -0.39 is 0 Å². The SMILES string of the molecule is CC(C)(C)NC(=O)OC1CCN(c2ccc(Cl)nc2)CC1. The Hall–Kier alpha value is -1.49. The van der Waals surface area contributed by atoms with Gasteiger partial charge in [0.05, 0.1) is 11.9 Å². The molecule has 0 unspecified atom stereocenters. The first-order valence-corrected chi connectivity index (χ1v) is 7.56. The van der Waals surface area contributed by atoms with Gasteiger partial charge in [0.2, 0.25) is 0 Å². The second-order valence-corrected chi connectivity index (χ2v) is 6.69. The van der Waals surface area contributed by atoms with Crippen molar-refractivity contribution in [1.29, 1.82) is 0 Å². The van der Waals surface area contributed by atoms with Crippen LogP contribution in [0.15, 0.2) is 18.3 Å². The molecule has 1 aromatic heterocycles. The zero-order valence-electron chi connectivity index (χ0n) is 12.7. The normalized spacial score (nSPS) is 16.7. The zero-order valence-corrected chi connectivity index (χ0v) is 13.5. The number of pyridine rings is 1. The van der Waals surface area contributed by atoms with Gasteiger partial charge < -0.3 is 15.0 Å². The van der Waals surface area contributed by atoms with Crippen LogP contribution in [0, 0.1) is 0 Å². The van der Waals surface area contributed by atoms with Gasteiger partial charge in [-0.25, -0.2) is 9.78 Å². The minimum absolute atomic E-state index is 0.0242. The maximum atomic E-state index is 11.7. The summed E-state index contributed by atoms with van der Waals surface area (Å²) in [7, 11) is 0. The molecule has 21 heavy (non-hydrogen) atoms. The lowest BCUT2D eigenvalue weighted by molar-refractivity contribution is 0.0777. The quantitative estimate of drug-likeness (QED) is 0.852. The number of anilines is 1. The summed E-state index contributed by atoms with van der Waals surface area (Å²) in [6.45, 7) is 7.49. The Morgan fingerprint density at radius 2 is 2.05 bits per heavy atom. The summed E-state index contributed by atoms with van der Waals surface area (Å²) >= 11 is 5.79. The molecule has 1 amide bonds. The second-order valence-electron chi connectivity index (χ2n) is 6.31. The Bertz CT molecular complexity index is 477. The number of alkyl carbamates (subject to hydrolysis) is 1. The van der Waals surface area contributed by atoms with E-state index in [1.807, 2.05) is 26.8 Å². The molecule has 116 valence electrons. The van der Waals surface area contributed by atoms with Crippen LogP contribution in [0.3, 0.4) is 0 Å². The minimum Gasteiger partial charge on any atom is -0.446 e. The van der Waals surface area contributed by atoms with Gasteiger partial charge in [-0.2, -0.15) is 0 Å². The van der Waals surface area contributed by atoms with Crippen LogP contribution in [0.2, 0.25) is 5.15 Å². The van der Waals surface area contributed by atoms with Crippen LogP contribution in [-0.4, -0.2) is 35.8 Å². The van der Waals surface area contributed by atoms with E-state index in [0.29, 0.717) is 5.15 Å². The average molecular weight is 312 g/mol. The summed E-state index contributed by atoms with van der Waals surface area (Å²) in [6.07, 6.45) is 3.05. The monoisotopic (exact) mass is 311 g/mol. The number of piperidine rings is 1. The van der Waals surface area contributed by atoms with Crippen LogP contribution in [0.25, 0.3) is 0 Å². The van der Waals surface area contributed by atoms with Gasteiger partial charge >= 0.3 is 6.09 Å². The van der Waals surface area contributed by atoms with Crippen LogP contribution < -0.4 is 10.2 Å². The minimum atomic E-state index is -0.339. The maximum Gasteiger partial charge on any atom is 0.407 e. The molecular formula is C15H22ClN3O2. The fourth-order valence-electron chi connectivity index (χ4n) is 2.27. The molecule has 0 atom stereocenters. The number of amides is 1.